The van der Waals surface area contributed by atoms with E-state index in [9.17, 15) is 4.79 Å². The molecular formula is C13H19NO3. The van der Waals surface area contributed by atoms with Crippen LogP contribution < -0.4 is 4.74 Å². The third-order valence-electron chi connectivity index (χ3n) is 2.58. The second-order valence-corrected chi connectivity index (χ2v) is 4.07. The number of carboxylic acids is 1. The summed E-state index contributed by atoms with van der Waals surface area (Å²) in [5.41, 5.74) is 2.25. The lowest BCUT2D eigenvalue weighted by molar-refractivity contribution is -0.138. The molecule has 1 N–H and O–H groups in total. The normalized spacial score (nSPS) is 10.6. The molecule has 0 aromatic heterocycles. The summed E-state index contributed by atoms with van der Waals surface area (Å²) in [6, 6.07) is 5.97. The van der Waals surface area contributed by atoms with Crippen molar-refractivity contribution in [3.05, 3.63) is 29.3 Å². The lowest BCUT2D eigenvalue weighted by Gasteiger charge is -2.15. The molecule has 0 aliphatic heterocycles. The molecule has 0 amide bonds. The van der Waals surface area contributed by atoms with E-state index in [1.807, 2.05) is 12.1 Å². The smallest absolute Gasteiger partial charge is 0.317 e. The van der Waals surface area contributed by atoms with Gasteiger partial charge in [0, 0.05) is 6.54 Å². The van der Waals surface area contributed by atoms with E-state index >= 15 is 0 Å². The number of ether oxygens (including phenoxy) is 1. The maximum atomic E-state index is 10.6. The largest absolute Gasteiger partial charge is 0.496 e. The van der Waals surface area contributed by atoms with Crippen LogP contribution in [0, 0.1) is 0 Å². The molecule has 0 atom stereocenters. The standard InChI is InChI=1S/C13H19NO3/c1-4-11-7-10(5-6-12(11)17-3)8-14(2)9-13(15)16/h5-7H,4,8-9H2,1-3H3,(H,15,16). The maximum absolute atomic E-state index is 10.6. The van der Waals surface area contributed by atoms with Crippen LogP contribution in [-0.2, 0) is 17.8 Å². The van der Waals surface area contributed by atoms with E-state index in [1.54, 1.807) is 19.1 Å². The van der Waals surface area contributed by atoms with Gasteiger partial charge in [0.2, 0.25) is 0 Å². The number of nitrogens with zero attached hydrogens (tertiary/aromatic N) is 1. The van der Waals surface area contributed by atoms with Crippen LogP contribution in [0.3, 0.4) is 0 Å². The summed E-state index contributed by atoms with van der Waals surface area (Å²) < 4.78 is 5.25. The van der Waals surface area contributed by atoms with E-state index in [4.69, 9.17) is 9.84 Å². The Labute approximate surface area is 102 Å². The highest BCUT2D eigenvalue weighted by molar-refractivity contribution is 5.69. The average molecular weight is 237 g/mol. The summed E-state index contributed by atoms with van der Waals surface area (Å²) in [4.78, 5) is 12.3. The van der Waals surface area contributed by atoms with Gasteiger partial charge in [-0.05, 0) is 30.7 Å². The average Bonchev–Trinajstić information content (AvgIpc) is 2.27. The predicted molar refractivity (Wildman–Crippen MR) is 66.3 cm³/mol. The number of benzene rings is 1. The van der Waals surface area contributed by atoms with Gasteiger partial charge in [-0.15, -0.1) is 0 Å². The zero-order chi connectivity index (χ0) is 12.8. The van der Waals surface area contributed by atoms with Crippen molar-refractivity contribution in [3.63, 3.8) is 0 Å². The Morgan fingerprint density at radius 3 is 2.71 bits per heavy atom. The summed E-state index contributed by atoms with van der Waals surface area (Å²) in [5.74, 6) is 0.0777. The molecule has 4 nitrogen and oxygen atoms in total. The Hall–Kier alpha value is -1.55. The Balaban J connectivity index is 2.75. The quantitative estimate of drug-likeness (QED) is 0.819. The molecule has 0 heterocycles. The molecule has 1 rings (SSSR count). The SMILES string of the molecule is CCc1cc(CN(C)CC(=O)O)ccc1OC. The minimum absolute atomic E-state index is 0.0491. The van der Waals surface area contributed by atoms with Gasteiger partial charge in [-0.3, -0.25) is 9.69 Å². The van der Waals surface area contributed by atoms with E-state index in [0.717, 1.165) is 23.3 Å². The Bertz CT molecular complexity index is 390. The van der Waals surface area contributed by atoms with Crippen molar-refractivity contribution >= 4 is 5.97 Å². The first kappa shape index (κ1) is 13.5. The number of aryl methyl sites for hydroxylation is 1. The summed E-state index contributed by atoms with van der Waals surface area (Å²) in [7, 11) is 3.45. The molecule has 0 saturated heterocycles. The van der Waals surface area contributed by atoms with Crippen LogP contribution in [0.1, 0.15) is 18.1 Å². The second-order valence-electron chi connectivity index (χ2n) is 4.07. The lowest BCUT2D eigenvalue weighted by atomic mass is 10.1. The molecule has 0 radical (unpaired) electrons. The highest BCUT2D eigenvalue weighted by atomic mass is 16.5. The van der Waals surface area contributed by atoms with Crippen LogP contribution in [-0.4, -0.2) is 36.7 Å². The van der Waals surface area contributed by atoms with E-state index < -0.39 is 5.97 Å². The van der Waals surface area contributed by atoms with Crippen LogP contribution in [0.25, 0.3) is 0 Å². The van der Waals surface area contributed by atoms with Gasteiger partial charge in [-0.2, -0.15) is 0 Å². The fraction of sp³-hybridized carbons (Fsp3) is 0.462. The summed E-state index contributed by atoms with van der Waals surface area (Å²) >= 11 is 0. The highest BCUT2D eigenvalue weighted by Crippen LogP contribution is 2.20. The van der Waals surface area contributed by atoms with E-state index in [2.05, 4.69) is 13.0 Å². The Morgan fingerprint density at radius 2 is 2.18 bits per heavy atom. The van der Waals surface area contributed by atoms with Crippen molar-refractivity contribution in [3.8, 4) is 5.75 Å². The molecule has 0 aliphatic carbocycles. The van der Waals surface area contributed by atoms with Gasteiger partial charge in [0.15, 0.2) is 0 Å². The molecular weight excluding hydrogens is 218 g/mol. The van der Waals surface area contributed by atoms with Crippen LogP contribution in [0.5, 0.6) is 5.75 Å². The monoisotopic (exact) mass is 237 g/mol. The molecule has 4 heteroatoms. The summed E-state index contributed by atoms with van der Waals surface area (Å²) in [6.07, 6.45) is 0.902. The lowest BCUT2D eigenvalue weighted by Crippen LogP contribution is -2.25. The third kappa shape index (κ3) is 4.07. The van der Waals surface area contributed by atoms with E-state index in [1.165, 1.54) is 0 Å². The van der Waals surface area contributed by atoms with Crippen LogP contribution >= 0.6 is 0 Å². The van der Waals surface area contributed by atoms with Crippen molar-refractivity contribution in [1.29, 1.82) is 0 Å². The van der Waals surface area contributed by atoms with Gasteiger partial charge < -0.3 is 9.84 Å². The zero-order valence-electron chi connectivity index (χ0n) is 10.6. The zero-order valence-corrected chi connectivity index (χ0v) is 10.6. The number of likely N-dealkylation sites (N-methyl/N-ethyl adjacent to an activating group) is 1. The minimum Gasteiger partial charge on any atom is -0.496 e. The molecule has 0 bridgehead atoms. The van der Waals surface area contributed by atoms with Crippen molar-refractivity contribution in [2.24, 2.45) is 0 Å². The first-order valence-electron chi connectivity index (χ1n) is 5.63. The van der Waals surface area contributed by atoms with Crippen molar-refractivity contribution < 1.29 is 14.6 Å². The van der Waals surface area contributed by atoms with Crippen molar-refractivity contribution in [1.82, 2.24) is 4.90 Å². The molecule has 0 saturated carbocycles. The number of carbonyl (C=O) groups is 1. The molecule has 17 heavy (non-hydrogen) atoms. The van der Waals surface area contributed by atoms with Crippen molar-refractivity contribution in [2.45, 2.75) is 19.9 Å². The first-order valence-corrected chi connectivity index (χ1v) is 5.63. The number of rotatable bonds is 6. The first-order chi connectivity index (χ1) is 8.06. The highest BCUT2D eigenvalue weighted by Gasteiger charge is 2.07. The second kappa shape index (κ2) is 6.25. The van der Waals surface area contributed by atoms with Gasteiger partial charge >= 0.3 is 5.97 Å². The molecule has 0 spiro atoms. The van der Waals surface area contributed by atoms with Gasteiger partial charge in [0.1, 0.15) is 5.75 Å². The van der Waals surface area contributed by atoms with Gasteiger partial charge in [-0.25, -0.2) is 0 Å². The van der Waals surface area contributed by atoms with Crippen LogP contribution in [0.2, 0.25) is 0 Å². The number of hydrogen-bond acceptors (Lipinski definition) is 3. The van der Waals surface area contributed by atoms with E-state index in [-0.39, 0.29) is 6.54 Å². The number of aliphatic carboxylic acids is 1. The third-order valence-corrected chi connectivity index (χ3v) is 2.58. The summed E-state index contributed by atoms with van der Waals surface area (Å²) in [6.45, 7) is 2.75. The van der Waals surface area contributed by atoms with Gasteiger partial charge in [0.05, 0.1) is 13.7 Å². The van der Waals surface area contributed by atoms with Crippen LogP contribution in [0.15, 0.2) is 18.2 Å². The molecule has 1 aromatic rings. The fourth-order valence-corrected chi connectivity index (χ4v) is 1.81. The molecule has 0 aliphatic rings. The maximum Gasteiger partial charge on any atom is 0.317 e. The molecule has 1 aromatic carbocycles. The number of carboxylic acid groups (broad SMARTS) is 1. The van der Waals surface area contributed by atoms with E-state index in [0.29, 0.717) is 6.54 Å². The molecule has 94 valence electrons. The van der Waals surface area contributed by atoms with Gasteiger partial charge in [0.25, 0.3) is 0 Å². The minimum atomic E-state index is -0.809. The summed E-state index contributed by atoms with van der Waals surface area (Å²) in [5, 5.41) is 8.68. The molecule has 0 fully saturated rings. The van der Waals surface area contributed by atoms with Gasteiger partial charge in [-0.1, -0.05) is 19.1 Å². The topological polar surface area (TPSA) is 49.8 Å². The van der Waals surface area contributed by atoms with Crippen molar-refractivity contribution in [2.75, 3.05) is 20.7 Å². The number of methoxy groups -OCH3 is 1. The Kier molecular flexibility index (Phi) is 4.97. The molecule has 0 unspecified atom stereocenters. The Morgan fingerprint density at radius 1 is 1.47 bits per heavy atom. The fourth-order valence-electron chi connectivity index (χ4n) is 1.81. The van der Waals surface area contributed by atoms with Crippen LogP contribution in [0.4, 0.5) is 0 Å². The predicted octanol–water partition coefficient (Wildman–Crippen LogP) is 1.77. The number of hydrogen-bond donors (Lipinski definition) is 1.